The Morgan fingerprint density at radius 2 is 1.93 bits per heavy atom. The molecule has 1 unspecified atom stereocenters. The van der Waals surface area contributed by atoms with Crippen molar-refractivity contribution in [2.75, 3.05) is 7.11 Å². The molecule has 0 saturated carbocycles. The number of ether oxygens (including phenoxy) is 1. The van der Waals surface area contributed by atoms with Crippen LogP contribution in [0.5, 0.6) is 5.75 Å². The van der Waals surface area contributed by atoms with Crippen LogP contribution in [0.15, 0.2) is 48.9 Å². The highest BCUT2D eigenvalue weighted by Gasteiger charge is 2.15. The molecule has 4 aromatic rings. The van der Waals surface area contributed by atoms with Crippen LogP contribution in [0, 0.1) is 0 Å². The Hall–Kier alpha value is -3.28. The van der Waals surface area contributed by atoms with E-state index in [0.29, 0.717) is 5.56 Å². The van der Waals surface area contributed by atoms with Gasteiger partial charge in [-0.3, -0.25) is 4.79 Å². The summed E-state index contributed by atoms with van der Waals surface area (Å²) in [6.07, 6.45) is 4.61. The Morgan fingerprint density at radius 1 is 1.14 bits per heavy atom. The highest BCUT2D eigenvalue weighted by molar-refractivity contribution is 5.97. The molecule has 144 valence electrons. The number of aromatic nitrogens is 3. The number of nitrogens with zero attached hydrogens (tertiary/aromatic N) is 3. The Balaban J connectivity index is 1.52. The van der Waals surface area contributed by atoms with Gasteiger partial charge in [0.2, 0.25) is 0 Å². The molecule has 0 spiro atoms. The molecule has 2 aromatic heterocycles. The summed E-state index contributed by atoms with van der Waals surface area (Å²) < 4.78 is 9.41. The maximum absolute atomic E-state index is 12.7. The molecule has 28 heavy (non-hydrogen) atoms. The van der Waals surface area contributed by atoms with Crippen molar-refractivity contribution in [3.8, 4) is 5.75 Å². The van der Waals surface area contributed by atoms with Crippen LogP contribution in [-0.2, 0) is 20.5 Å². The number of imidazole rings is 1. The highest BCUT2D eigenvalue weighted by atomic mass is 16.5. The van der Waals surface area contributed by atoms with Crippen molar-refractivity contribution in [2.24, 2.45) is 14.1 Å². The zero-order valence-corrected chi connectivity index (χ0v) is 16.6. The minimum absolute atomic E-state index is 0.0104. The third-order valence-corrected chi connectivity index (χ3v) is 5.17. The van der Waals surface area contributed by atoms with Crippen LogP contribution in [0.4, 0.5) is 0 Å². The van der Waals surface area contributed by atoms with Gasteiger partial charge in [-0.1, -0.05) is 0 Å². The molecule has 0 fully saturated rings. The van der Waals surface area contributed by atoms with E-state index >= 15 is 0 Å². The Bertz CT molecular complexity index is 1170. The lowest BCUT2D eigenvalue weighted by Gasteiger charge is -2.14. The SMILES string of the molecule is COc1ccc2c(c1)c(CC(C)NC(=O)c1ccc3c(c1)ncn3C)cn2C. The topological polar surface area (TPSA) is 61.1 Å². The molecule has 0 saturated heterocycles. The number of amides is 1. The van der Waals surface area contributed by atoms with Crippen LogP contribution < -0.4 is 10.1 Å². The molecule has 6 nitrogen and oxygen atoms in total. The summed E-state index contributed by atoms with van der Waals surface area (Å²) >= 11 is 0. The first-order valence-corrected chi connectivity index (χ1v) is 9.30. The van der Waals surface area contributed by atoms with Gasteiger partial charge in [-0.2, -0.15) is 0 Å². The van der Waals surface area contributed by atoms with E-state index in [1.54, 1.807) is 13.4 Å². The van der Waals surface area contributed by atoms with Gasteiger partial charge < -0.3 is 19.2 Å². The molecule has 1 N–H and O–H groups in total. The molecule has 1 atom stereocenters. The molecule has 6 heteroatoms. The quantitative estimate of drug-likeness (QED) is 0.580. The monoisotopic (exact) mass is 376 g/mol. The fourth-order valence-corrected chi connectivity index (χ4v) is 3.71. The number of hydrogen-bond donors (Lipinski definition) is 1. The predicted molar refractivity (Wildman–Crippen MR) is 111 cm³/mol. The van der Waals surface area contributed by atoms with E-state index in [0.717, 1.165) is 34.1 Å². The molecular weight excluding hydrogens is 352 g/mol. The first kappa shape index (κ1) is 18.1. The molecular formula is C22H24N4O2. The number of carbonyl (C=O) groups is 1. The summed E-state index contributed by atoms with van der Waals surface area (Å²) in [6.45, 7) is 2.02. The van der Waals surface area contributed by atoms with Gasteiger partial charge >= 0.3 is 0 Å². The van der Waals surface area contributed by atoms with Gasteiger partial charge in [-0.05, 0) is 55.3 Å². The number of methoxy groups -OCH3 is 1. The number of carbonyl (C=O) groups excluding carboxylic acids is 1. The average molecular weight is 376 g/mol. The lowest BCUT2D eigenvalue weighted by atomic mass is 10.1. The van der Waals surface area contributed by atoms with Gasteiger partial charge in [-0.15, -0.1) is 0 Å². The summed E-state index contributed by atoms with van der Waals surface area (Å²) in [5.41, 5.74) is 4.79. The Morgan fingerprint density at radius 3 is 2.71 bits per heavy atom. The lowest BCUT2D eigenvalue weighted by Crippen LogP contribution is -2.34. The minimum Gasteiger partial charge on any atom is -0.497 e. The van der Waals surface area contributed by atoms with E-state index in [2.05, 4.69) is 27.1 Å². The molecule has 0 aliphatic rings. The second-order valence-electron chi connectivity index (χ2n) is 7.29. The standard InChI is InChI=1S/C22H24N4O2/c1-14(9-16-12-25(2)20-8-6-17(28-4)11-18(16)20)24-22(27)15-5-7-21-19(10-15)23-13-26(21)3/h5-8,10-14H,9H2,1-4H3,(H,24,27). The maximum atomic E-state index is 12.7. The summed E-state index contributed by atoms with van der Waals surface area (Å²) in [6, 6.07) is 11.7. The summed E-state index contributed by atoms with van der Waals surface area (Å²) in [7, 11) is 5.64. The minimum atomic E-state index is -0.0853. The molecule has 0 aliphatic heterocycles. The van der Waals surface area contributed by atoms with E-state index in [1.165, 1.54) is 5.56 Å². The number of hydrogen-bond acceptors (Lipinski definition) is 3. The normalized spacial score (nSPS) is 12.4. The van der Waals surface area contributed by atoms with Crippen LogP contribution in [-0.4, -0.2) is 33.2 Å². The molecule has 1 amide bonds. The van der Waals surface area contributed by atoms with Crippen LogP contribution in [0.2, 0.25) is 0 Å². The van der Waals surface area contributed by atoms with Gasteiger partial charge in [0.15, 0.2) is 0 Å². The summed E-state index contributed by atoms with van der Waals surface area (Å²) in [4.78, 5) is 17.0. The molecule has 0 bridgehead atoms. The fourth-order valence-electron chi connectivity index (χ4n) is 3.71. The third-order valence-electron chi connectivity index (χ3n) is 5.17. The maximum Gasteiger partial charge on any atom is 0.251 e. The largest absolute Gasteiger partial charge is 0.497 e. The molecule has 0 aliphatic carbocycles. The van der Waals surface area contributed by atoms with E-state index in [9.17, 15) is 4.79 Å². The van der Waals surface area contributed by atoms with Crippen molar-refractivity contribution in [1.82, 2.24) is 19.4 Å². The van der Waals surface area contributed by atoms with Crippen molar-refractivity contribution >= 4 is 27.8 Å². The number of rotatable bonds is 5. The first-order chi connectivity index (χ1) is 13.5. The van der Waals surface area contributed by atoms with Crippen molar-refractivity contribution in [3.63, 3.8) is 0 Å². The van der Waals surface area contributed by atoms with E-state index in [4.69, 9.17) is 4.74 Å². The second kappa shape index (κ2) is 7.03. The molecule has 4 rings (SSSR count). The number of nitrogens with one attached hydrogen (secondary N) is 1. The number of aryl methyl sites for hydroxylation is 2. The predicted octanol–water partition coefficient (Wildman–Crippen LogP) is 3.43. The van der Waals surface area contributed by atoms with E-state index in [-0.39, 0.29) is 11.9 Å². The van der Waals surface area contributed by atoms with Gasteiger partial charge in [0, 0.05) is 42.8 Å². The van der Waals surface area contributed by atoms with Crippen LogP contribution in [0.25, 0.3) is 21.9 Å². The zero-order valence-electron chi connectivity index (χ0n) is 16.6. The Labute approximate surface area is 163 Å². The fraction of sp³-hybridized carbons (Fsp3) is 0.273. The second-order valence-corrected chi connectivity index (χ2v) is 7.29. The van der Waals surface area contributed by atoms with Crippen molar-refractivity contribution in [3.05, 3.63) is 60.0 Å². The summed E-state index contributed by atoms with van der Waals surface area (Å²) in [5.74, 6) is 0.748. The molecule has 2 heterocycles. The van der Waals surface area contributed by atoms with E-state index < -0.39 is 0 Å². The van der Waals surface area contributed by atoms with Crippen molar-refractivity contribution in [2.45, 2.75) is 19.4 Å². The van der Waals surface area contributed by atoms with Crippen LogP contribution in [0.1, 0.15) is 22.8 Å². The number of fused-ring (bicyclic) bond motifs is 2. The molecule has 0 radical (unpaired) electrons. The molecule has 2 aromatic carbocycles. The smallest absolute Gasteiger partial charge is 0.251 e. The van der Waals surface area contributed by atoms with Gasteiger partial charge in [-0.25, -0.2) is 4.98 Å². The van der Waals surface area contributed by atoms with Gasteiger partial charge in [0.05, 0.1) is 24.5 Å². The number of benzene rings is 2. The Kier molecular flexibility index (Phi) is 4.55. The average Bonchev–Trinajstić information content (AvgIpc) is 3.21. The zero-order chi connectivity index (χ0) is 19.8. The first-order valence-electron chi connectivity index (χ1n) is 9.30. The highest BCUT2D eigenvalue weighted by Crippen LogP contribution is 2.26. The van der Waals surface area contributed by atoms with Crippen molar-refractivity contribution in [1.29, 1.82) is 0 Å². The van der Waals surface area contributed by atoms with E-state index in [1.807, 2.05) is 55.9 Å². The van der Waals surface area contributed by atoms with Crippen LogP contribution >= 0.6 is 0 Å². The van der Waals surface area contributed by atoms with Gasteiger partial charge in [0.1, 0.15) is 5.75 Å². The lowest BCUT2D eigenvalue weighted by molar-refractivity contribution is 0.0940. The summed E-state index contributed by atoms with van der Waals surface area (Å²) in [5, 5.41) is 4.26. The van der Waals surface area contributed by atoms with Crippen LogP contribution in [0.3, 0.4) is 0 Å². The van der Waals surface area contributed by atoms with Gasteiger partial charge in [0.25, 0.3) is 5.91 Å². The van der Waals surface area contributed by atoms with Crippen molar-refractivity contribution < 1.29 is 9.53 Å². The third kappa shape index (κ3) is 3.22.